The van der Waals surface area contributed by atoms with Gasteiger partial charge in [-0.2, -0.15) is 0 Å². The number of aryl methyl sites for hydroxylation is 1. The van der Waals surface area contributed by atoms with Gasteiger partial charge in [-0.3, -0.25) is 4.79 Å². The lowest BCUT2D eigenvalue weighted by Crippen LogP contribution is -2.08. The first-order chi connectivity index (χ1) is 16.5. The van der Waals surface area contributed by atoms with Crippen LogP contribution in [-0.2, 0) is 7.05 Å². The van der Waals surface area contributed by atoms with Gasteiger partial charge in [-0.25, -0.2) is 4.79 Å². The molecule has 34 heavy (non-hydrogen) atoms. The fourth-order valence-corrected chi connectivity index (χ4v) is 3.91. The summed E-state index contributed by atoms with van der Waals surface area (Å²) in [7, 11) is 5.10. The molecule has 3 aromatic carbocycles. The fraction of sp³-hybridized carbons (Fsp3) is 0.111. The van der Waals surface area contributed by atoms with Crippen molar-refractivity contribution < 1.29 is 28.5 Å². The number of allylic oxidation sites excluding steroid dienone is 1. The van der Waals surface area contributed by atoms with Crippen molar-refractivity contribution in [3.8, 4) is 23.0 Å². The first-order valence-electron chi connectivity index (χ1n) is 10.5. The molecule has 5 rings (SSSR count). The van der Waals surface area contributed by atoms with Gasteiger partial charge in [-0.1, -0.05) is 0 Å². The van der Waals surface area contributed by atoms with E-state index in [4.69, 9.17) is 18.9 Å². The lowest BCUT2D eigenvalue weighted by molar-refractivity contribution is 0.0734. The summed E-state index contributed by atoms with van der Waals surface area (Å²) in [5.74, 6) is 1.44. The van der Waals surface area contributed by atoms with Crippen molar-refractivity contribution in [2.75, 3.05) is 14.2 Å². The molecule has 7 nitrogen and oxygen atoms in total. The van der Waals surface area contributed by atoms with Gasteiger partial charge in [-0.05, 0) is 60.7 Å². The summed E-state index contributed by atoms with van der Waals surface area (Å²) in [5.41, 5.74) is 2.63. The predicted molar refractivity (Wildman–Crippen MR) is 127 cm³/mol. The summed E-state index contributed by atoms with van der Waals surface area (Å²) in [5, 5.41) is 0.941. The highest BCUT2D eigenvalue weighted by atomic mass is 16.5. The van der Waals surface area contributed by atoms with Crippen molar-refractivity contribution in [1.29, 1.82) is 0 Å². The van der Waals surface area contributed by atoms with E-state index in [2.05, 4.69) is 0 Å². The van der Waals surface area contributed by atoms with E-state index in [1.807, 2.05) is 36.0 Å². The van der Waals surface area contributed by atoms with Gasteiger partial charge >= 0.3 is 5.97 Å². The lowest BCUT2D eigenvalue weighted by atomic mass is 10.1. The number of methoxy groups -OCH3 is 2. The summed E-state index contributed by atoms with van der Waals surface area (Å²) >= 11 is 0. The van der Waals surface area contributed by atoms with Crippen molar-refractivity contribution in [2.24, 2.45) is 7.05 Å². The molecule has 0 spiro atoms. The van der Waals surface area contributed by atoms with Crippen LogP contribution < -0.4 is 18.9 Å². The average Bonchev–Trinajstić information content (AvgIpc) is 3.34. The molecule has 0 saturated carbocycles. The summed E-state index contributed by atoms with van der Waals surface area (Å²) in [4.78, 5) is 25.4. The summed E-state index contributed by atoms with van der Waals surface area (Å²) in [6.07, 6.45) is 3.64. The number of carbonyl (C=O) groups excluding carboxylic acids is 2. The molecule has 7 heteroatoms. The van der Waals surface area contributed by atoms with Crippen LogP contribution in [0, 0.1) is 0 Å². The number of carbonyl (C=O) groups is 2. The maximum atomic E-state index is 12.9. The molecule has 0 unspecified atom stereocenters. The molecule has 1 aliphatic rings. The van der Waals surface area contributed by atoms with Crippen molar-refractivity contribution in [2.45, 2.75) is 0 Å². The van der Waals surface area contributed by atoms with Gasteiger partial charge in [0.1, 0.15) is 23.0 Å². The molecular formula is C27H21NO6. The molecule has 2 heterocycles. The number of esters is 1. The van der Waals surface area contributed by atoms with Gasteiger partial charge in [0, 0.05) is 35.8 Å². The molecule has 0 atom stereocenters. The second kappa shape index (κ2) is 8.44. The molecule has 0 amide bonds. The molecule has 0 saturated heterocycles. The zero-order valence-electron chi connectivity index (χ0n) is 18.8. The highest BCUT2D eigenvalue weighted by Crippen LogP contribution is 2.36. The van der Waals surface area contributed by atoms with E-state index in [1.165, 1.54) is 0 Å². The van der Waals surface area contributed by atoms with Gasteiger partial charge in [-0.15, -0.1) is 0 Å². The van der Waals surface area contributed by atoms with Gasteiger partial charge < -0.3 is 23.5 Å². The number of aromatic nitrogens is 1. The Morgan fingerprint density at radius 2 is 1.62 bits per heavy atom. The normalized spacial score (nSPS) is 13.6. The number of rotatable bonds is 5. The molecule has 0 fully saturated rings. The summed E-state index contributed by atoms with van der Waals surface area (Å²) in [6, 6.07) is 17.1. The number of fused-ring (bicyclic) bond motifs is 2. The Labute approximate surface area is 195 Å². The molecular weight excluding hydrogens is 434 g/mol. The molecule has 1 aliphatic heterocycles. The Morgan fingerprint density at radius 3 is 2.35 bits per heavy atom. The SMILES string of the molecule is COc1ccc(C(=O)Oc2ccc3c(c2)O/C(=C/c2cn(C)c4ccc(OC)cc24)C3=O)cc1. The van der Waals surface area contributed by atoms with E-state index in [9.17, 15) is 9.59 Å². The van der Waals surface area contributed by atoms with E-state index in [0.29, 0.717) is 22.6 Å². The van der Waals surface area contributed by atoms with Gasteiger partial charge in [0.05, 0.1) is 25.3 Å². The smallest absolute Gasteiger partial charge is 0.343 e. The summed E-state index contributed by atoms with van der Waals surface area (Å²) in [6.45, 7) is 0. The largest absolute Gasteiger partial charge is 0.497 e. The van der Waals surface area contributed by atoms with Crippen molar-refractivity contribution >= 4 is 28.7 Å². The van der Waals surface area contributed by atoms with Crippen LogP contribution in [0.25, 0.3) is 17.0 Å². The number of ether oxygens (including phenoxy) is 4. The molecule has 4 aromatic rings. The van der Waals surface area contributed by atoms with E-state index in [1.54, 1.807) is 62.8 Å². The minimum atomic E-state index is -0.521. The van der Waals surface area contributed by atoms with Crippen LogP contribution in [0.5, 0.6) is 23.0 Å². The fourth-order valence-electron chi connectivity index (χ4n) is 3.91. The number of hydrogen-bond donors (Lipinski definition) is 0. The number of nitrogens with zero attached hydrogens (tertiary/aromatic N) is 1. The number of ketones is 1. The average molecular weight is 455 g/mol. The Morgan fingerprint density at radius 1 is 0.912 bits per heavy atom. The van der Waals surface area contributed by atoms with Crippen molar-refractivity contribution in [1.82, 2.24) is 4.57 Å². The van der Waals surface area contributed by atoms with Crippen molar-refractivity contribution in [3.05, 3.63) is 89.3 Å². The lowest BCUT2D eigenvalue weighted by Gasteiger charge is -2.06. The third-order valence-corrected chi connectivity index (χ3v) is 5.69. The quantitative estimate of drug-likeness (QED) is 0.239. The minimum Gasteiger partial charge on any atom is -0.497 e. The Hall–Kier alpha value is -4.52. The van der Waals surface area contributed by atoms with Crippen LogP contribution in [0.2, 0.25) is 0 Å². The third-order valence-electron chi connectivity index (χ3n) is 5.69. The first-order valence-corrected chi connectivity index (χ1v) is 10.5. The predicted octanol–water partition coefficient (Wildman–Crippen LogP) is 5.03. The Bertz CT molecular complexity index is 1460. The van der Waals surface area contributed by atoms with Crippen LogP contribution in [0.1, 0.15) is 26.3 Å². The number of benzene rings is 3. The maximum Gasteiger partial charge on any atom is 0.343 e. The van der Waals surface area contributed by atoms with E-state index < -0.39 is 5.97 Å². The zero-order valence-corrected chi connectivity index (χ0v) is 18.8. The topological polar surface area (TPSA) is 76.0 Å². The van der Waals surface area contributed by atoms with E-state index in [-0.39, 0.29) is 17.3 Å². The third kappa shape index (κ3) is 3.77. The van der Waals surface area contributed by atoms with Crippen LogP contribution in [0.15, 0.2) is 72.6 Å². The second-order valence-electron chi connectivity index (χ2n) is 7.79. The summed E-state index contributed by atoms with van der Waals surface area (Å²) < 4.78 is 23.7. The maximum absolute atomic E-state index is 12.9. The zero-order chi connectivity index (χ0) is 23.8. The minimum absolute atomic E-state index is 0.198. The molecule has 1 aromatic heterocycles. The molecule has 0 aliphatic carbocycles. The van der Waals surface area contributed by atoms with E-state index in [0.717, 1.165) is 22.2 Å². The Kier molecular flexibility index (Phi) is 5.30. The number of Topliss-reactive ketones (excluding diaryl/α,β-unsaturated/α-hetero) is 1. The van der Waals surface area contributed by atoms with Gasteiger partial charge in [0.2, 0.25) is 5.78 Å². The van der Waals surface area contributed by atoms with Crippen LogP contribution in [0.4, 0.5) is 0 Å². The standard InChI is InChI=1S/C27H21NO6/c1-28-15-17(22-13-19(32-3)9-11-23(22)28)12-25-26(29)21-10-8-20(14-24(21)34-25)33-27(30)16-4-6-18(31-2)7-5-16/h4-15H,1-3H3/b25-12+. The van der Waals surface area contributed by atoms with Crippen LogP contribution >= 0.6 is 0 Å². The monoisotopic (exact) mass is 455 g/mol. The van der Waals surface area contributed by atoms with Gasteiger partial charge in [0.25, 0.3) is 0 Å². The van der Waals surface area contributed by atoms with E-state index >= 15 is 0 Å². The highest BCUT2D eigenvalue weighted by molar-refractivity contribution is 6.15. The molecule has 170 valence electrons. The Balaban J connectivity index is 1.40. The highest BCUT2D eigenvalue weighted by Gasteiger charge is 2.28. The molecule has 0 N–H and O–H groups in total. The molecule has 0 bridgehead atoms. The van der Waals surface area contributed by atoms with Gasteiger partial charge in [0.15, 0.2) is 5.76 Å². The van der Waals surface area contributed by atoms with Crippen LogP contribution in [0.3, 0.4) is 0 Å². The number of hydrogen-bond acceptors (Lipinski definition) is 6. The first kappa shape index (κ1) is 21.3. The second-order valence-corrected chi connectivity index (χ2v) is 7.79. The van der Waals surface area contributed by atoms with Crippen LogP contribution in [-0.4, -0.2) is 30.5 Å². The molecule has 0 radical (unpaired) electrons. The van der Waals surface area contributed by atoms with Crippen molar-refractivity contribution in [3.63, 3.8) is 0 Å².